The zero-order valence-electron chi connectivity index (χ0n) is 19.0. The van der Waals surface area contributed by atoms with Gasteiger partial charge in [0, 0.05) is 23.6 Å². The van der Waals surface area contributed by atoms with Crippen LogP contribution < -0.4 is 4.74 Å². The number of benzene rings is 2. The number of halogens is 1. The van der Waals surface area contributed by atoms with Gasteiger partial charge in [0.1, 0.15) is 17.3 Å². The van der Waals surface area contributed by atoms with Crippen LogP contribution in [0.4, 0.5) is 4.39 Å². The number of carboxylic acids is 1. The molecule has 10 heteroatoms. The molecule has 182 valence electrons. The van der Waals surface area contributed by atoms with Crippen LogP contribution in [0, 0.1) is 6.92 Å². The maximum absolute atomic E-state index is 14.1. The molecule has 0 amide bonds. The topological polar surface area (TPSA) is 109 Å². The van der Waals surface area contributed by atoms with E-state index >= 15 is 0 Å². The minimum Gasteiger partial charge on any atom is -0.495 e. The van der Waals surface area contributed by atoms with Gasteiger partial charge in [0.05, 0.1) is 31.4 Å². The van der Waals surface area contributed by atoms with Crippen molar-refractivity contribution in [3.05, 3.63) is 59.3 Å². The number of nitrogens with zero attached hydrogens (tertiary/aromatic N) is 1. The Morgan fingerprint density at radius 1 is 1.26 bits per heavy atom. The van der Waals surface area contributed by atoms with Crippen LogP contribution in [-0.2, 0) is 14.8 Å². The van der Waals surface area contributed by atoms with Crippen LogP contribution in [0.2, 0.25) is 0 Å². The molecule has 2 atom stereocenters. The SMILES string of the molecule is COc1cc(C)c2[nH]ccc2c1S(=O)(=O)N1CC[C@H](OCCF)C[C@H]1c1ccc(C(=O)O)cc1. The first-order chi connectivity index (χ1) is 16.3. The lowest BCUT2D eigenvalue weighted by Crippen LogP contribution is -2.43. The fourth-order valence-corrected chi connectivity index (χ4v) is 6.57. The number of alkyl halides is 1. The van der Waals surface area contributed by atoms with Gasteiger partial charge in [-0.2, -0.15) is 4.31 Å². The molecule has 4 rings (SSSR count). The number of piperidine rings is 1. The molecule has 8 nitrogen and oxygen atoms in total. The summed E-state index contributed by atoms with van der Waals surface area (Å²) in [7, 11) is -2.61. The van der Waals surface area contributed by atoms with E-state index in [9.17, 15) is 22.7 Å². The third-order valence-corrected chi connectivity index (χ3v) is 8.21. The summed E-state index contributed by atoms with van der Waals surface area (Å²) in [4.78, 5) is 14.5. The van der Waals surface area contributed by atoms with Gasteiger partial charge in [0.25, 0.3) is 0 Å². The molecule has 0 unspecified atom stereocenters. The molecular weight excluding hydrogens is 463 g/mol. The molecular formula is C24H27FN2O6S. The summed E-state index contributed by atoms with van der Waals surface area (Å²) >= 11 is 0. The highest BCUT2D eigenvalue weighted by Crippen LogP contribution is 2.42. The van der Waals surface area contributed by atoms with E-state index in [0.29, 0.717) is 29.3 Å². The fraction of sp³-hybridized carbons (Fsp3) is 0.375. The van der Waals surface area contributed by atoms with Gasteiger partial charge in [-0.1, -0.05) is 12.1 Å². The largest absolute Gasteiger partial charge is 0.495 e. The van der Waals surface area contributed by atoms with Crippen molar-refractivity contribution in [2.24, 2.45) is 0 Å². The lowest BCUT2D eigenvalue weighted by molar-refractivity contribution is -0.00131. The van der Waals surface area contributed by atoms with Crippen LogP contribution in [0.3, 0.4) is 0 Å². The number of aryl methyl sites for hydroxylation is 1. The number of rotatable bonds is 8. The number of fused-ring (bicyclic) bond motifs is 1. The lowest BCUT2D eigenvalue weighted by Gasteiger charge is -2.39. The molecule has 0 spiro atoms. The smallest absolute Gasteiger partial charge is 0.335 e. The summed E-state index contributed by atoms with van der Waals surface area (Å²) in [6.07, 6.45) is 2.09. The molecule has 0 aliphatic carbocycles. The lowest BCUT2D eigenvalue weighted by atomic mass is 9.94. The maximum atomic E-state index is 14.1. The highest BCUT2D eigenvalue weighted by molar-refractivity contribution is 7.89. The van der Waals surface area contributed by atoms with Crippen molar-refractivity contribution in [3.8, 4) is 5.75 Å². The molecule has 1 fully saturated rings. The Morgan fingerprint density at radius 2 is 2.00 bits per heavy atom. The summed E-state index contributed by atoms with van der Waals surface area (Å²) in [5.74, 6) is -0.816. The molecule has 1 aromatic heterocycles. The first kappa shape index (κ1) is 24.2. The first-order valence-corrected chi connectivity index (χ1v) is 12.4. The number of ether oxygens (including phenoxy) is 2. The van der Waals surface area contributed by atoms with Crippen molar-refractivity contribution in [2.75, 3.05) is 26.9 Å². The van der Waals surface area contributed by atoms with Crippen LogP contribution >= 0.6 is 0 Å². The van der Waals surface area contributed by atoms with E-state index in [4.69, 9.17) is 9.47 Å². The number of carbonyl (C=O) groups is 1. The van der Waals surface area contributed by atoms with Crippen molar-refractivity contribution in [1.82, 2.24) is 9.29 Å². The summed E-state index contributed by atoms with van der Waals surface area (Å²) in [5, 5.41) is 9.77. The standard InChI is InChI=1S/C24H27FN2O6S/c1-15-13-21(32-2)23(19-7-10-26-22(15)19)34(30,31)27-11-8-18(33-12-9-25)14-20(27)16-3-5-17(6-4-16)24(28)29/h3-7,10,13,18,20,26H,8-9,11-12,14H2,1-2H3,(H,28,29)/t18-,20-/m0/s1. The van der Waals surface area contributed by atoms with E-state index in [1.807, 2.05) is 6.92 Å². The Morgan fingerprint density at radius 3 is 2.65 bits per heavy atom. The van der Waals surface area contributed by atoms with Crippen LogP contribution in [-0.4, -0.2) is 61.8 Å². The van der Waals surface area contributed by atoms with Gasteiger partial charge >= 0.3 is 5.97 Å². The summed E-state index contributed by atoms with van der Waals surface area (Å²) in [6, 6.07) is 8.92. The van der Waals surface area contributed by atoms with Gasteiger partial charge in [0.2, 0.25) is 10.0 Å². The summed E-state index contributed by atoms with van der Waals surface area (Å²) in [6.45, 7) is 1.35. The van der Waals surface area contributed by atoms with E-state index < -0.39 is 28.7 Å². The van der Waals surface area contributed by atoms with Crippen LogP contribution in [0.15, 0.2) is 47.5 Å². The number of hydrogen-bond donors (Lipinski definition) is 2. The molecule has 0 saturated carbocycles. The zero-order valence-corrected chi connectivity index (χ0v) is 19.8. The van der Waals surface area contributed by atoms with Crippen LogP contribution in [0.25, 0.3) is 10.9 Å². The zero-order chi connectivity index (χ0) is 24.5. The highest BCUT2D eigenvalue weighted by atomic mass is 32.2. The van der Waals surface area contributed by atoms with Gasteiger partial charge in [-0.15, -0.1) is 0 Å². The minimum absolute atomic E-state index is 0.0577. The van der Waals surface area contributed by atoms with Gasteiger partial charge < -0.3 is 19.6 Å². The van der Waals surface area contributed by atoms with Crippen molar-refractivity contribution in [1.29, 1.82) is 0 Å². The number of aromatic carboxylic acids is 1. The third-order valence-electron chi connectivity index (χ3n) is 6.22. The minimum atomic E-state index is -4.04. The van der Waals surface area contributed by atoms with Crippen LogP contribution in [0.5, 0.6) is 5.75 Å². The van der Waals surface area contributed by atoms with Crippen LogP contribution in [0.1, 0.15) is 40.4 Å². The average Bonchev–Trinajstić information content (AvgIpc) is 3.32. The Kier molecular flexibility index (Phi) is 6.92. The molecule has 0 radical (unpaired) electrons. The predicted octanol–water partition coefficient (Wildman–Crippen LogP) is 4.06. The van der Waals surface area contributed by atoms with E-state index in [1.165, 1.54) is 23.5 Å². The number of aromatic amines is 1. The highest BCUT2D eigenvalue weighted by Gasteiger charge is 2.40. The summed E-state index contributed by atoms with van der Waals surface area (Å²) < 4.78 is 53.4. The molecule has 1 aliphatic rings. The van der Waals surface area contributed by atoms with Crippen molar-refractivity contribution in [3.63, 3.8) is 0 Å². The molecule has 2 N–H and O–H groups in total. The van der Waals surface area contributed by atoms with Gasteiger partial charge in [-0.05, 0) is 55.2 Å². The molecule has 0 bridgehead atoms. The van der Waals surface area contributed by atoms with E-state index in [-0.39, 0.29) is 35.5 Å². The number of aromatic nitrogens is 1. The number of sulfonamides is 1. The van der Waals surface area contributed by atoms with Crippen molar-refractivity contribution >= 4 is 26.9 Å². The monoisotopic (exact) mass is 490 g/mol. The maximum Gasteiger partial charge on any atom is 0.335 e. The number of methoxy groups -OCH3 is 1. The first-order valence-electron chi connectivity index (χ1n) is 10.9. The molecule has 1 saturated heterocycles. The fourth-order valence-electron chi connectivity index (χ4n) is 4.60. The molecule has 2 heterocycles. The average molecular weight is 491 g/mol. The van der Waals surface area contributed by atoms with Gasteiger partial charge in [-0.3, -0.25) is 0 Å². The third kappa shape index (κ3) is 4.40. The molecule has 3 aromatic rings. The van der Waals surface area contributed by atoms with Crippen molar-refractivity contribution < 1.29 is 32.2 Å². The second-order valence-corrected chi connectivity index (χ2v) is 10.1. The number of nitrogens with one attached hydrogen (secondary N) is 1. The summed E-state index contributed by atoms with van der Waals surface area (Å²) in [5.41, 5.74) is 2.31. The second kappa shape index (κ2) is 9.73. The van der Waals surface area contributed by atoms with E-state index in [1.54, 1.807) is 30.5 Å². The Balaban J connectivity index is 1.80. The second-order valence-electron chi connectivity index (χ2n) is 8.26. The number of H-pyrrole nitrogens is 1. The Bertz CT molecular complexity index is 1290. The van der Waals surface area contributed by atoms with E-state index in [2.05, 4.69) is 4.98 Å². The molecule has 34 heavy (non-hydrogen) atoms. The normalized spacial score (nSPS) is 19.4. The molecule has 2 aromatic carbocycles. The Labute approximate surface area is 197 Å². The number of carboxylic acid groups (broad SMARTS) is 1. The molecule has 1 aliphatic heterocycles. The quantitative estimate of drug-likeness (QED) is 0.493. The van der Waals surface area contributed by atoms with E-state index in [0.717, 1.165) is 5.56 Å². The predicted molar refractivity (Wildman–Crippen MR) is 125 cm³/mol. The Hall–Kier alpha value is -2.95. The number of hydrogen-bond acceptors (Lipinski definition) is 5. The van der Waals surface area contributed by atoms with Gasteiger partial charge in [0.15, 0.2) is 0 Å². The van der Waals surface area contributed by atoms with Crippen molar-refractivity contribution in [2.45, 2.75) is 36.8 Å². The van der Waals surface area contributed by atoms with Gasteiger partial charge in [-0.25, -0.2) is 17.6 Å².